The van der Waals surface area contributed by atoms with Crippen molar-refractivity contribution in [3.05, 3.63) is 29.3 Å². The summed E-state index contributed by atoms with van der Waals surface area (Å²) in [7, 11) is 0. The Morgan fingerprint density at radius 1 is 1.09 bits per heavy atom. The summed E-state index contributed by atoms with van der Waals surface area (Å²) in [6.45, 7) is 8.07. The fourth-order valence-electron chi connectivity index (χ4n) is 3.63. The Bertz CT molecular complexity index is 534. The number of nitrogens with zero attached hydrogens (tertiary/aromatic N) is 1. The van der Waals surface area contributed by atoms with Gasteiger partial charge in [0, 0.05) is 6.04 Å². The molecule has 0 amide bonds. The summed E-state index contributed by atoms with van der Waals surface area (Å²) in [5.41, 5.74) is 2.81. The molecule has 1 aromatic carbocycles. The molecule has 3 heteroatoms. The molecule has 120 valence electrons. The molecule has 1 atom stereocenters. The summed E-state index contributed by atoms with van der Waals surface area (Å²) >= 11 is 0. The molecule has 1 saturated carbocycles. The topological polar surface area (TPSA) is 21.7 Å². The SMILES string of the molecule is CCN(CC)C1CCCCC1=Cc1ccc2c(c1)OCCO2. The largest absolute Gasteiger partial charge is 0.486 e. The number of ether oxygens (including phenoxy) is 2. The third-order valence-electron chi connectivity index (χ3n) is 4.79. The Morgan fingerprint density at radius 3 is 2.64 bits per heavy atom. The van der Waals surface area contributed by atoms with Crippen LogP contribution in [-0.4, -0.2) is 37.2 Å². The second-order valence-electron chi connectivity index (χ2n) is 6.11. The maximum Gasteiger partial charge on any atom is 0.161 e. The molecule has 0 radical (unpaired) electrons. The van der Waals surface area contributed by atoms with Crippen molar-refractivity contribution in [3.8, 4) is 11.5 Å². The first-order valence-corrected chi connectivity index (χ1v) is 8.66. The number of benzene rings is 1. The van der Waals surface area contributed by atoms with Crippen molar-refractivity contribution in [2.45, 2.75) is 45.6 Å². The summed E-state index contributed by atoms with van der Waals surface area (Å²) in [5, 5.41) is 0. The average molecular weight is 301 g/mol. The highest BCUT2D eigenvalue weighted by atomic mass is 16.6. The highest BCUT2D eigenvalue weighted by Gasteiger charge is 2.23. The second kappa shape index (κ2) is 7.19. The third-order valence-corrected chi connectivity index (χ3v) is 4.79. The summed E-state index contributed by atoms with van der Waals surface area (Å²) in [4.78, 5) is 2.59. The van der Waals surface area contributed by atoms with Crippen LogP contribution in [0.25, 0.3) is 6.08 Å². The van der Waals surface area contributed by atoms with Gasteiger partial charge in [0.25, 0.3) is 0 Å². The van der Waals surface area contributed by atoms with E-state index in [0.717, 1.165) is 24.6 Å². The first-order chi connectivity index (χ1) is 10.8. The van der Waals surface area contributed by atoms with E-state index in [4.69, 9.17) is 9.47 Å². The minimum absolute atomic E-state index is 0.608. The van der Waals surface area contributed by atoms with Crippen LogP contribution in [0.5, 0.6) is 11.5 Å². The highest BCUT2D eigenvalue weighted by molar-refractivity contribution is 5.59. The molecule has 0 aromatic heterocycles. The van der Waals surface area contributed by atoms with Crippen molar-refractivity contribution in [2.75, 3.05) is 26.3 Å². The maximum atomic E-state index is 5.71. The van der Waals surface area contributed by atoms with Gasteiger partial charge in [-0.3, -0.25) is 4.90 Å². The molecular formula is C19H27NO2. The van der Waals surface area contributed by atoms with Gasteiger partial charge >= 0.3 is 0 Å². The van der Waals surface area contributed by atoms with E-state index in [1.54, 1.807) is 5.57 Å². The smallest absolute Gasteiger partial charge is 0.161 e. The fraction of sp³-hybridized carbons (Fsp3) is 0.579. The molecule has 1 unspecified atom stereocenters. The number of hydrogen-bond donors (Lipinski definition) is 0. The number of hydrogen-bond acceptors (Lipinski definition) is 3. The quantitative estimate of drug-likeness (QED) is 0.835. The molecule has 3 rings (SSSR count). The van der Waals surface area contributed by atoms with E-state index in [9.17, 15) is 0 Å². The zero-order chi connectivity index (χ0) is 15.4. The Hall–Kier alpha value is -1.48. The predicted molar refractivity (Wildman–Crippen MR) is 90.6 cm³/mol. The lowest BCUT2D eigenvalue weighted by atomic mass is 9.87. The molecule has 1 heterocycles. The first-order valence-electron chi connectivity index (χ1n) is 8.66. The molecule has 1 aromatic rings. The van der Waals surface area contributed by atoms with E-state index < -0.39 is 0 Å². The van der Waals surface area contributed by atoms with Crippen LogP contribution in [0.2, 0.25) is 0 Å². The Kier molecular flexibility index (Phi) is 5.04. The molecule has 0 bridgehead atoms. The molecule has 2 aliphatic rings. The molecule has 1 aliphatic carbocycles. The molecule has 0 saturated heterocycles. The fourth-order valence-corrected chi connectivity index (χ4v) is 3.63. The van der Waals surface area contributed by atoms with E-state index in [1.165, 1.54) is 31.2 Å². The Morgan fingerprint density at radius 2 is 1.86 bits per heavy atom. The summed E-state index contributed by atoms with van der Waals surface area (Å²) < 4.78 is 11.3. The number of fused-ring (bicyclic) bond motifs is 1. The summed E-state index contributed by atoms with van der Waals surface area (Å²) in [6, 6.07) is 6.91. The van der Waals surface area contributed by atoms with E-state index in [0.29, 0.717) is 19.3 Å². The third kappa shape index (κ3) is 3.30. The zero-order valence-corrected chi connectivity index (χ0v) is 13.8. The summed E-state index contributed by atoms with van der Waals surface area (Å²) in [5.74, 6) is 1.76. The average Bonchev–Trinajstić information content (AvgIpc) is 2.57. The van der Waals surface area contributed by atoms with Crippen LogP contribution in [0.4, 0.5) is 0 Å². The normalized spacial score (nSPS) is 23.0. The molecular weight excluding hydrogens is 274 g/mol. The molecule has 22 heavy (non-hydrogen) atoms. The van der Waals surface area contributed by atoms with Gasteiger partial charge in [-0.2, -0.15) is 0 Å². The minimum atomic E-state index is 0.608. The van der Waals surface area contributed by atoms with Crippen LogP contribution in [0.15, 0.2) is 23.8 Å². The van der Waals surface area contributed by atoms with Gasteiger partial charge in [-0.1, -0.05) is 38.0 Å². The van der Waals surface area contributed by atoms with Crippen molar-refractivity contribution in [1.29, 1.82) is 0 Å². The van der Waals surface area contributed by atoms with E-state index >= 15 is 0 Å². The van der Waals surface area contributed by atoms with Crippen LogP contribution in [0.3, 0.4) is 0 Å². The van der Waals surface area contributed by atoms with Gasteiger partial charge in [-0.05, 0) is 50.0 Å². The van der Waals surface area contributed by atoms with Crippen molar-refractivity contribution in [3.63, 3.8) is 0 Å². The van der Waals surface area contributed by atoms with Crippen LogP contribution in [0, 0.1) is 0 Å². The lowest BCUT2D eigenvalue weighted by molar-refractivity contribution is 0.171. The molecule has 1 aliphatic heterocycles. The van der Waals surface area contributed by atoms with E-state index in [1.807, 2.05) is 6.07 Å². The van der Waals surface area contributed by atoms with Crippen molar-refractivity contribution < 1.29 is 9.47 Å². The van der Waals surface area contributed by atoms with Crippen molar-refractivity contribution in [1.82, 2.24) is 4.90 Å². The second-order valence-corrected chi connectivity index (χ2v) is 6.11. The number of likely N-dealkylation sites (N-methyl/N-ethyl adjacent to an activating group) is 1. The van der Waals surface area contributed by atoms with Gasteiger partial charge in [-0.15, -0.1) is 0 Å². The minimum Gasteiger partial charge on any atom is -0.486 e. The van der Waals surface area contributed by atoms with Crippen molar-refractivity contribution in [2.24, 2.45) is 0 Å². The maximum absolute atomic E-state index is 5.71. The standard InChI is InChI=1S/C19H27NO2/c1-3-20(4-2)17-8-6-5-7-16(17)13-15-9-10-18-19(14-15)22-12-11-21-18/h9-10,13-14,17H,3-8,11-12H2,1-2H3. The predicted octanol–water partition coefficient (Wildman–Crippen LogP) is 4.13. The van der Waals surface area contributed by atoms with Gasteiger partial charge < -0.3 is 9.47 Å². The summed E-state index contributed by atoms with van der Waals surface area (Å²) in [6.07, 6.45) is 7.54. The lowest BCUT2D eigenvalue weighted by Gasteiger charge is -2.35. The lowest BCUT2D eigenvalue weighted by Crippen LogP contribution is -2.38. The van der Waals surface area contributed by atoms with Gasteiger partial charge in [0.2, 0.25) is 0 Å². The molecule has 0 N–H and O–H groups in total. The zero-order valence-electron chi connectivity index (χ0n) is 13.8. The van der Waals surface area contributed by atoms with E-state index in [-0.39, 0.29) is 0 Å². The van der Waals surface area contributed by atoms with Crippen LogP contribution in [-0.2, 0) is 0 Å². The monoisotopic (exact) mass is 301 g/mol. The first kappa shape index (κ1) is 15.4. The van der Waals surface area contributed by atoms with Gasteiger partial charge in [0.1, 0.15) is 13.2 Å². The molecule has 3 nitrogen and oxygen atoms in total. The van der Waals surface area contributed by atoms with Gasteiger partial charge in [0.15, 0.2) is 11.5 Å². The van der Waals surface area contributed by atoms with Gasteiger partial charge in [-0.25, -0.2) is 0 Å². The number of rotatable bonds is 4. The highest BCUT2D eigenvalue weighted by Crippen LogP contribution is 2.34. The van der Waals surface area contributed by atoms with Gasteiger partial charge in [0.05, 0.1) is 0 Å². The molecule has 1 fully saturated rings. The van der Waals surface area contributed by atoms with E-state index in [2.05, 4.69) is 37.0 Å². The van der Waals surface area contributed by atoms with Crippen molar-refractivity contribution >= 4 is 6.08 Å². The Balaban J connectivity index is 1.85. The Labute approximate surface area is 133 Å². The van der Waals surface area contributed by atoms with Crippen LogP contribution < -0.4 is 9.47 Å². The van der Waals surface area contributed by atoms with Crippen LogP contribution in [0.1, 0.15) is 45.1 Å². The van der Waals surface area contributed by atoms with Crippen LogP contribution >= 0.6 is 0 Å². The molecule has 0 spiro atoms.